The van der Waals surface area contributed by atoms with Gasteiger partial charge in [0.1, 0.15) is 5.69 Å². The first-order valence-electron chi connectivity index (χ1n) is 6.15. The summed E-state index contributed by atoms with van der Waals surface area (Å²) in [7, 11) is 0. The fraction of sp³-hybridized carbons (Fsp3) is 0.500. The lowest BCUT2D eigenvalue weighted by atomic mass is 10.0. The Morgan fingerprint density at radius 3 is 2.33 bits per heavy atom. The second-order valence-corrected chi connectivity index (χ2v) is 4.78. The first kappa shape index (κ1) is 17.5. The zero-order valence-electron chi connectivity index (χ0n) is 11.0. The number of piperidine rings is 1. The molecule has 2 rings (SSSR count). The van der Waals surface area contributed by atoms with Crippen molar-refractivity contribution < 1.29 is 18.1 Å². The zero-order valence-corrected chi connectivity index (χ0v) is 11.8. The molecule has 2 N–H and O–H groups in total. The van der Waals surface area contributed by atoms with Gasteiger partial charge in [-0.3, -0.25) is 10.1 Å². The Hall–Kier alpha value is -1.54. The van der Waals surface area contributed by atoms with Crippen LogP contribution >= 0.6 is 12.4 Å². The molecule has 118 valence electrons. The first-order valence-corrected chi connectivity index (χ1v) is 6.15. The smallest absolute Gasteiger partial charge is 0.366 e. The summed E-state index contributed by atoms with van der Waals surface area (Å²) in [6, 6.07) is 2.66. The van der Waals surface area contributed by atoms with Crippen LogP contribution < -0.4 is 10.6 Å². The van der Waals surface area contributed by atoms with Crippen LogP contribution in [-0.4, -0.2) is 24.1 Å². The van der Waals surface area contributed by atoms with Gasteiger partial charge in [-0.1, -0.05) is 0 Å². The number of rotatable bonds is 2. The van der Waals surface area contributed by atoms with Gasteiger partial charge < -0.3 is 10.6 Å². The number of halogens is 4. The molecule has 0 saturated carbocycles. The summed E-state index contributed by atoms with van der Waals surface area (Å²) >= 11 is 0. The molecular weight excluding hydrogens is 311 g/mol. The van der Waals surface area contributed by atoms with Crippen molar-refractivity contribution in [3.8, 4) is 0 Å². The number of anilines is 1. The van der Waals surface area contributed by atoms with E-state index in [2.05, 4.69) is 0 Å². The van der Waals surface area contributed by atoms with E-state index in [1.165, 1.54) is 0 Å². The van der Waals surface area contributed by atoms with E-state index in [4.69, 9.17) is 5.73 Å². The molecular formula is C12H15ClF3N3O2. The van der Waals surface area contributed by atoms with Gasteiger partial charge in [0.15, 0.2) is 0 Å². The lowest BCUT2D eigenvalue weighted by molar-refractivity contribution is -0.384. The Balaban J connectivity index is 0.00000220. The molecule has 0 unspecified atom stereocenters. The third kappa shape index (κ3) is 3.98. The van der Waals surface area contributed by atoms with E-state index < -0.39 is 22.4 Å². The highest BCUT2D eigenvalue weighted by molar-refractivity contribution is 5.85. The van der Waals surface area contributed by atoms with Crippen molar-refractivity contribution in [2.45, 2.75) is 25.1 Å². The maximum absolute atomic E-state index is 12.6. The van der Waals surface area contributed by atoms with Crippen molar-refractivity contribution in [3.63, 3.8) is 0 Å². The molecule has 5 nitrogen and oxygen atoms in total. The minimum absolute atomic E-state index is 0. The molecule has 0 bridgehead atoms. The van der Waals surface area contributed by atoms with E-state index >= 15 is 0 Å². The van der Waals surface area contributed by atoms with Gasteiger partial charge in [-0.25, -0.2) is 0 Å². The first-order chi connectivity index (χ1) is 9.29. The van der Waals surface area contributed by atoms with Crippen molar-refractivity contribution in [2.75, 3.05) is 18.0 Å². The number of nitro groups is 1. The minimum Gasteiger partial charge on any atom is -0.366 e. The molecule has 0 amide bonds. The highest BCUT2D eigenvalue weighted by Gasteiger charge is 2.34. The molecule has 9 heteroatoms. The molecule has 0 aliphatic carbocycles. The molecule has 0 atom stereocenters. The minimum atomic E-state index is -4.59. The van der Waals surface area contributed by atoms with E-state index in [1.807, 2.05) is 0 Å². The van der Waals surface area contributed by atoms with E-state index in [0.717, 1.165) is 12.1 Å². The Bertz CT molecular complexity index is 517. The number of nitrogens with zero attached hydrogens (tertiary/aromatic N) is 2. The highest BCUT2D eigenvalue weighted by atomic mass is 35.5. The summed E-state index contributed by atoms with van der Waals surface area (Å²) in [5.74, 6) is 0. The third-order valence-electron chi connectivity index (χ3n) is 3.38. The number of nitro benzene ring substituents is 1. The van der Waals surface area contributed by atoms with Gasteiger partial charge in [0.05, 0.1) is 10.5 Å². The molecule has 0 spiro atoms. The van der Waals surface area contributed by atoms with E-state index in [1.54, 1.807) is 4.90 Å². The summed E-state index contributed by atoms with van der Waals surface area (Å²) in [6.07, 6.45) is -3.26. The van der Waals surface area contributed by atoms with Crippen molar-refractivity contribution in [2.24, 2.45) is 5.73 Å². The fourth-order valence-electron chi connectivity index (χ4n) is 2.25. The highest BCUT2D eigenvalue weighted by Crippen LogP contribution is 2.37. The molecule has 1 fully saturated rings. The van der Waals surface area contributed by atoms with Gasteiger partial charge in [-0.2, -0.15) is 13.2 Å². The monoisotopic (exact) mass is 325 g/mol. The van der Waals surface area contributed by atoms with E-state index in [9.17, 15) is 23.3 Å². The molecule has 1 aromatic rings. The molecule has 0 radical (unpaired) electrons. The number of nitrogens with two attached hydrogens (primary N) is 1. The lowest BCUT2D eigenvalue weighted by Crippen LogP contribution is -2.39. The Kier molecular flexibility index (Phi) is 5.41. The fourth-order valence-corrected chi connectivity index (χ4v) is 2.25. The molecule has 1 saturated heterocycles. The summed E-state index contributed by atoms with van der Waals surface area (Å²) < 4.78 is 37.8. The number of hydrogen-bond acceptors (Lipinski definition) is 4. The quantitative estimate of drug-likeness (QED) is 0.670. The van der Waals surface area contributed by atoms with Gasteiger partial charge >= 0.3 is 6.18 Å². The Labute approximate surface area is 125 Å². The summed E-state index contributed by atoms with van der Waals surface area (Å²) in [6.45, 7) is 1.01. The average Bonchev–Trinajstić information content (AvgIpc) is 2.38. The number of alkyl halides is 3. The predicted octanol–water partition coefficient (Wildman–Crippen LogP) is 2.96. The second kappa shape index (κ2) is 6.48. The predicted molar refractivity (Wildman–Crippen MR) is 74.8 cm³/mol. The van der Waals surface area contributed by atoms with Crippen LogP contribution in [0, 0.1) is 10.1 Å². The van der Waals surface area contributed by atoms with Crippen LogP contribution in [0.1, 0.15) is 18.4 Å². The molecule has 1 aliphatic heterocycles. The summed E-state index contributed by atoms with van der Waals surface area (Å²) in [5, 5.41) is 11.0. The number of benzene rings is 1. The van der Waals surface area contributed by atoms with Crippen LogP contribution in [0.2, 0.25) is 0 Å². The van der Waals surface area contributed by atoms with Gasteiger partial charge in [0.25, 0.3) is 5.69 Å². The third-order valence-corrected chi connectivity index (χ3v) is 3.38. The average molecular weight is 326 g/mol. The summed E-state index contributed by atoms with van der Waals surface area (Å²) in [4.78, 5) is 11.9. The SMILES string of the molecule is Cl.NC1CCN(c2ccc(C(F)(F)F)cc2[N+](=O)[O-])CC1. The van der Waals surface area contributed by atoms with Crippen molar-refractivity contribution in [1.29, 1.82) is 0 Å². The van der Waals surface area contributed by atoms with E-state index in [-0.39, 0.29) is 24.1 Å². The molecule has 1 aromatic carbocycles. The van der Waals surface area contributed by atoms with Gasteiger partial charge in [0.2, 0.25) is 0 Å². The van der Waals surface area contributed by atoms with Crippen LogP contribution in [0.4, 0.5) is 24.5 Å². The normalized spacial score (nSPS) is 16.5. The molecule has 1 heterocycles. The Morgan fingerprint density at radius 1 is 1.29 bits per heavy atom. The maximum atomic E-state index is 12.6. The molecule has 21 heavy (non-hydrogen) atoms. The van der Waals surface area contributed by atoms with Crippen LogP contribution in [0.3, 0.4) is 0 Å². The van der Waals surface area contributed by atoms with Gasteiger partial charge in [-0.05, 0) is 25.0 Å². The van der Waals surface area contributed by atoms with Gasteiger partial charge in [-0.15, -0.1) is 12.4 Å². The van der Waals surface area contributed by atoms with Crippen LogP contribution in [0.15, 0.2) is 18.2 Å². The lowest BCUT2D eigenvalue weighted by Gasteiger charge is -2.31. The Morgan fingerprint density at radius 2 is 1.86 bits per heavy atom. The number of hydrogen-bond donors (Lipinski definition) is 1. The topological polar surface area (TPSA) is 72.4 Å². The molecule has 0 aromatic heterocycles. The van der Waals surface area contributed by atoms with Crippen molar-refractivity contribution >= 4 is 23.8 Å². The van der Waals surface area contributed by atoms with E-state index in [0.29, 0.717) is 32.0 Å². The van der Waals surface area contributed by atoms with Crippen LogP contribution in [-0.2, 0) is 6.18 Å². The van der Waals surface area contributed by atoms with Crippen molar-refractivity contribution in [1.82, 2.24) is 0 Å². The summed E-state index contributed by atoms with van der Waals surface area (Å²) in [5.41, 5.74) is 4.43. The second-order valence-electron chi connectivity index (χ2n) is 4.78. The van der Waals surface area contributed by atoms with Gasteiger partial charge in [0, 0.05) is 25.2 Å². The largest absolute Gasteiger partial charge is 0.416 e. The van der Waals surface area contributed by atoms with Crippen molar-refractivity contribution in [3.05, 3.63) is 33.9 Å². The van der Waals surface area contributed by atoms with Crippen LogP contribution in [0.5, 0.6) is 0 Å². The van der Waals surface area contributed by atoms with Crippen LogP contribution in [0.25, 0.3) is 0 Å². The maximum Gasteiger partial charge on any atom is 0.416 e. The molecule has 1 aliphatic rings. The zero-order chi connectivity index (χ0) is 14.9. The standard InChI is InChI=1S/C12H14F3N3O2.ClH/c13-12(14,15)8-1-2-10(11(7-8)18(19)20)17-5-3-9(16)4-6-17;/h1-2,7,9H,3-6,16H2;1H.